The predicted molar refractivity (Wildman–Crippen MR) is 290 cm³/mol. The first kappa shape index (κ1) is 64.1. The van der Waals surface area contributed by atoms with Gasteiger partial charge in [0.25, 0.3) is 0 Å². The number of rotatable bonds is 46. The molecular weight excluding hydrogens is 863 g/mol. The molecule has 6 N–H and O–H groups in total. The fourth-order valence-electron chi connectivity index (χ4n) is 8.25. The predicted octanol–water partition coefficient (Wildman–Crippen LogP) is 13.6. The van der Waals surface area contributed by atoms with Crippen molar-refractivity contribution in [3.63, 3.8) is 0 Å². The molecule has 1 aliphatic rings. The molecule has 1 aliphatic heterocycles. The van der Waals surface area contributed by atoms with Crippen LogP contribution in [0.2, 0.25) is 0 Å². The minimum Gasteiger partial charge on any atom is -0.394 e. The molecule has 396 valence electrons. The van der Waals surface area contributed by atoms with Gasteiger partial charge in [0.1, 0.15) is 24.4 Å². The number of carbonyl (C=O) groups excluding carboxylic acids is 1. The molecule has 0 aromatic heterocycles. The van der Waals surface area contributed by atoms with E-state index in [1.54, 1.807) is 6.08 Å². The summed E-state index contributed by atoms with van der Waals surface area (Å²) in [5.74, 6) is -0.271. The zero-order chi connectivity index (χ0) is 50.1. The van der Waals surface area contributed by atoms with Crippen molar-refractivity contribution < 1.29 is 39.8 Å². The van der Waals surface area contributed by atoms with Gasteiger partial charge >= 0.3 is 0 Å². The average molecular weight is 966 g/mol. The number of amides is 1. The molecule has 7 unspecified atom stereocenters. The lowest BCUT2D eigenvalue weighted by atomic mass is 9.99. The largest absolute Gasteiger partial charge is 0.394 e. The third-order valence-electron chi connectivity index (χ3n) is 12.7. The monoisotopic (exact) mass is 966 g/mol. The molecule has 0 aromatic carbocycles. The van der Waals surface area contributed by atoms with E-state index in [4.69, 9.17) is 9.47 Å². The molecule has 0 bridgehead atoms. The lowest BCUT2D eigenvalue weighted by Crippen LogP contribution is -2.60. The first-order valence-corrected chi connectivity index (χ1v) is 28.0. The molecule has 1 amide bonds. The number of nitrogens with one attached hydrogen (secondary N) is 1. The van der Waals surface area contributed by atoms with Crippen molar-refractivity contribution in [3.8, 4) is 0 Å². The number of aliphatic hydroxyl groups is 5. The van der Waals surface area contributed by atoms with Crippen LogP contribution in [-0.2, 0) is 14.3 Å². The average Bonchev–Trinajstić information content (AvgIpc) is 3.35. The summed E-state index contributed by atoms with van der Waals surface area (Å²) < 4.78 is 11.2. The molecule has 1 heterocycles. The number of ether oxygens (including phenoxy) is 2. The van der Waals surface area contributed by atoms with Gasteiger partial charge in [-0.15, -0.1) is 0 Å². The fourth-order valence-corrected chi connectivity index (χ4v) is 8.25. The van der Waals surface area contributed by atoms with Crippen LogP contribution < -0.4 is 5.32 Å². The smallest absolute Gasteiger partial charge is 0.220 e. The Hall–Kier alpha value is -2.89. The van der Waals surface area contributed by atoms with Crippen LogP contribution in [0.1, 0.15) is 219 Å². The quantitative estimate of drug-likeness (QED) is 0.0261. The van der Waals surface area contributed by atoms with E-state index in [-0.39, 0.29) is 18.9 Å². The molecule has 9 nitrogen and oxygen atoms in total. The summed E-state index contributed by atoms with van der Waals surface area (Å²) in [4.78, 5) is 13.0. The van der Waals surface area contributed by atoms with Crippen LogP contribution in [-0.4, -0.2) is 87.5 Å². The Morgan fingerprint density at radius 3 is 1.38 bits per heavy atom. The fraction of sp³-hybridized carbons (Fsp3) is 0.717. The van der Waals surface area contributed by atoms with Crippen molar-refractivity contribution >= 4 is 5.91 Å². The van der Waals surface area contributed by atoms with Gasteiger partial charge in [-0.1, -0.05) is 239 Å². The summed E-state index contributed by atoms with van der Waals surface area (Å²) in [6.45, 7) is 3.61. The highest BCUT2D eigenvalue weighted by Crippen LogP contribution is 2.23. The third kappa shape index (κ3) is 38.5. The molecule has 0 aliphatic carbocycles. The zero-order valence-corrected chi connectivity index (χ0v) is 43.8. The van der Waals surface area contributed by atoms with Crippen molar-refractivity contribution in [1.29, 1.82) is 0 Å². The van der Waals surface area contributed by atoms with Crippen LogP contribution in [0.25, 0.3) is 0 Å². The second kappa shape index (κ2) is 48.7. The lowest BCUT2D eigenvalue weighted by Gasteiger charge is -2.40. The molecule has 0 aromatic rings. The van der Waals surface area contributed by atoms with E-state index >= 15 is 0 Å². The number of allylic oxidation sites excluding steroid dienone is 15. The molecule has 1 fully saturated rings. The minimum atomic E-state index is -1.59. The lowest BCUT2D eigenvalue weighted by molar-refractivity contribution is -0.302. The van der Waals surface area contributed by atoms with Crippen molar-refractivity contribution in [3.05, 3.63) is 97.2 Å². The Morgan fingerprint density at radius 2 is 0.913 bits per heavy atom. The van der Waals surface area contributed by atoms with Crippen LogP contribution in [0.3, 0.4) is 0 Å². The van der Waals surface area contributed by atoms with Crippen molar-refractivity contribution in [2.75, 3.05) is 13.2 Å². The van der Waals surface area contributed by atoms with Crippen molar-refractivity contribution in [1.82, 2.24) is 5.32 Å². The molecule has 0 radical (unpaired) electrons. The number of unbranched alkanes of at least 4 members (excludes halogenated alkanes) is 22. The molecular formula is C60H103NO8. The second-order valence-electron chi connectivity index (χ2n) is 19.0. The molecule has 0 saturated carbocycles. The van der Waals surface area contributed by atoms with Gasteiger partial charge in [0.05, 0.1) is 25.4 Å². The van der Waals surface area contributed by atoms with E-state index in [1.165, 1.54) is 135 Å². The van der Waals surface area contributed by atoms with Crippen molar-refractivity contribution in [2.45, 2.75) is 262 Å². The van der Waals surface area contributed by atoms with Crippen LogP contribution in [0.5, 0.6) is 0 Å². The molecule has 0 spiro atoms. The van der Waals surface area contributed by atoms with E-state index in [9.17, 15) is 30.3 Å². The van der Waals surface area contributed by atoms with E-state index in [2.05, 4.69) is 92.1 Å². The van der Waals surface area contributed by atoms with Crippen LogP contribution in [0.15, 0.2) is 97.2 Å². The highest BCUT2D eigenvalue weighted by molar-refractivity contribution is 5.76. The molecule has 69 heavy (non-hydrogen) atoms. The van der Waals surface area contributed by atoms with Gasteiger partial charge < -0.3 is 40.3 Å². The number of aliphatic hydroxyl groups excluding tert-OH is 5. The van der Waals surface area contributed by atoms with Crippen LogP contribution in [0.4, 0.5) is 0 Å². The summed E-state index contributed by atoms with van der Waals surface area (Å²) >= 11 is 0. The first-order chi connectivity index (χ1) is 33.8. The highest BCUT2D eigenvalue weighted by atomic mass is 16.7. The van der Waals surface area contributed by atoms with Crippen LogP contribution >= 0.6 is 0 Å². The standard InChI is InChI=1S/C60H103NO8/c1-3-5-7-9-11-13-15-17-19-21-23-24-25-26-27-28-29-30-32-33-35-37-39-41-43-45-47-49-54(63)53(52-68-60-59(67)58(66)57(65)55(51-62)69-60)61-56(64)50-48-46-44-42-40-38-36-34-31-22-20-18-16-14-12-10-8-6-4-2/h6,8,12,14,18,20,31,34,38-41,44,46-47,49,53-55,57-60,62-63,65-67H,3-5,7,9-11,13,15-17,19,21-30,32-33,35-37,42-43,45,48,50-52H2,1-2H3,(H,61,64)/b8-6-,14-12-,20-18-,34-31-,40-38-,41-39+,46-44-,49-47+. The zero-order valence-electron chi connectivity index (χ0n) is 43.8. The number of hydrogen-bond donors (Lipinski definition) is 6. The van der Waals surface area contributed by atoms with Gasteiger partial charge in [0, 0.05) is 6.42 Å². The Labute approximate surface area is 422 Å². The Morgan fingerprint density at radius 1 is 0.507 bits per heavy atom. The molecule has 1 rings (SSSR count). The normalized spacial score (nSPS) is 20.2. The molecule has 1 saturated heterocycles. The summed E-state index contributed by atoms with van der Waals surface area (Å²) in [5, 5.41) is 54.4. The van der Waals surface area contributed by atoms with Crippen LogP contribution in [0, 0.1) is 0 Å². The van der Waals surface area contributed by atoms with E-state index < -0.39 is 49.5 Å². The Kier molecular flexibility index (Phi) is 45.3. The molecule has 7 atom stereocenters. The van der Waals surface area contributed by atoms with Gasteiger partial charge in [0.2, 0.25) is 5.91 Å². The van der Waals surface area contributed by atoms with Gasteiger partial charge in [-0.05, 0) is 70.6 Å². The first-order valence-electron chi connectivity index (χ1n) is 28.0. The maximum absolute atomic E-state index is 13.0. The Bertz CT molecular complexity index is 1400. The van der Waals surface area contributed by atoms with E-state index in [1.807, 2.05) is 18.2 Å². The summed E-state index contributed by atoms with van der Waals surface area (Å²) in [5.41, 5.74) is 0. The SMILES string of the molecule is CC/C=C\C/C=C\C/C=C\C/C=C\C/C=C\C/C=C\CCC(=O)NC(COC1OC(CO)C(O)C(O)C1O)C(O)/C=C/CC/C=C/CCCCCCCCCCCCCCCCCCCCCCC. The topological polar surface area (TPSA) is 149 Å². The second-order valence-corrected chi connectivity index (χ2v) is 19.0. The molecule has 9 heteroatoms. The third-order valence-corrected chi connectivity index (χ3v) is 12.7. The van der Waals surface area contributed by atoms with E-state index in [0.29, 0.717) is 6.42 Å². The van der Waals surface area contributed by atoms with Gasteiger partial charge in [-0.25, -0.2) is 0 Å². The number of carbonyl (C=O) groups is 1. The Balaban J connectivity index is 2.31. The number of hydrogen-bond acceptors (Lipinski definition) is 8. The maximum Gasteiger partial charge on any atom is 0.220 e. The van der Waals surface area contributed by atoms with Gasteiger partial charge in [-0.2, -0.15) is 0 Å². The highest BCUT2D eigenvalue weighted by Gasteiger charge is 2.44. The minimum absolute atomic E-state index is 0.208. The summed E-state index contributed by atoms with van der Waals surface area (Å²) in [7, 11) is 0. The summed E-state index contributed by atoms with van der Waals surface area (Å²) in [6.07, 6.45) is 63.5. The summed E-state index contributed by atoms with van der Waals surface area (Å²) in [6, 6.07) is -0.869. The van der Waals surface area contributed by atoms with E-state index in [0.717, 1.165) is 57.8 Å². The van der Waals surface area contributed by atoms with Gasteiger partial charge in [0.15, 0.2) is 6.29 Å². The van der Waals surface area contributed by atoms with Gasteiger partial charge in [-0.3, -0.25) is 4.79 Å². The maximum atomic E-state index is 13.0. The van der Waals surface area contributed by atoms with Crippen molar-refractivity contribution in [2.24, 2.45) is 0 Å².